The average Bonchev–Trinajstić information content (AvgIpc) is 2.60. The number of fused-ring (bicyclic) bond motifs is 1. The van der Waals surface area contributed by atoms with Crippen molar-refractivity contribution in [3.05, 3.63) is 29.6 Å². The summed E-state index contributed by atoms with van der Waals surface area (Å²) in [7, 11) is 0. The number of anilines is 1. The highest BCUT2D eigenvalue weighted by Crippen LogP contribution is 2.35. The van der Waals surface area contributed by atoms with Gasteiger partial charge in [0.05, 0.1) is 5.69 Å². The molecule has 1 aromatic rings. The first-order valence-electron chi connectivity index (χ1n) is 5.35. The van der Waals surface area contributed by atoms with E-state index in [9.17, 15) is 4.39 Å². The van der Waals surface area contributed by atoms with Gasteiger partial charge in [-0.05, 0) is 18.1 Å². The zero-order chi connectivity index (χ0) is 9.97. The smallest absolute Gasteiger partial charge is 0.146 e. The lowest BCUT2D eigenvalue weighted by Gasteiger charge is -2.08. The number of rotatable bonds is 3. The molecule has 1 N–H and O–H groups in total. The molecule has 1 heterocycles. The molecule has 0 saturated carbocycles. The van der Waals surface area contributed by atoms with Crippen LogP contribution in [-0.4, -0.2) is 6.54 Å². The predicted octanol–water partition coefficient (Wildman–Crippen LogP) is 3.53. The summed E-state index contributed by atoms with van der Waals surface area (Å²) < 4.78 is 13.3. The molecule has 0 fully saturated rings. The lowest BCUT2D eigenvalue weighted by atomic mass is 9.96. The number of hydrogen-bond donors (Lipinski definition) is 1. The number of halogens is 1. The van der Waals surface area contributed by atoms with Gasteiger partial charge in [-0.3, -0.25) is 0 Å². The Balaban J connectivity index is 2.18. The van der Waals surface area contributed by atoms with Gasteiger partial charge in [-0.2, -0.15) is 0 Å². The minimum atomic E-state index is -0.110. The highest BCUT2D eigenvalue weighted by Gasteiger charge is 2.23. The van der Waals surface area contributed by atoms with Crippen molar-refractivity contribution in [3.63, 3.8) is 0 Å². The second kappa shape index (κ2) is 3.99. The molecule has 2 rings (SSSR count). The quantitative estimate of drug-likeness (QED) is 0.774. The van der Waals surface area contributed by atoms with Crippen LogP contribution in [0.5, 0.6) is 0 Å². The highest BCUT2D eigenvalue weighted by molar-refractivity contribution is 5.58. The molecule has 0 saturated heterocycles. The van der Waals surface area contributed by atoms with Gasteiger partial charge < -0.3 is 5.32 Å². The van der Waals surface area contributed by atoms with E-state index < -0.39 is 0 Å². The fraction of sp³-hybridized carbons (Fsp3) is 0.500. The van der Waals surface area contributed by atoms with Gasteiger partial charge in [0.1, 0.15) is 5.82 Å². The maximum atomic E-state index is 13.3. The van der Waals surface area contributed by atoms with Gasteiger partial charge in [0.2, 0.25) is 0 Å². The summed E-state index contributed by atoms with van der Waals surface area (Å²) in [6.07, 6.45) is 3.60. The normalized spacial score (nSPS) is 19.1. The number of benzene rings is 1. The summed E-state index contributed by atoms with van der Waals surface area (Å²) in [5, 5.41) is 3.15. The van der Waals surface area contributed by atoms with Crippen LogP contribution in [0.2, 0.25) is 0 Å². The molecule has 0 spiro atoms. The molecule has 1 unspecified atom stereocenters. The maximum Gasteiger partial charge on any atom is 0.146 e. The molecule has 1 atom stereocenters. The number of para-hydroxylation sites is 1. The van der Waals surface area contributed by atoms with Crippen LogP contribution in [0, 0.1) is 5.82 Å². The van der Waals surface area contributed by atoms with Crippen LogP contribution in [0.15, 0.2) is 18.2 Å². The third kappa shape index (κ3) is 1.61. The molecule has 1 aromatic carbocycles. The first-order valence-corrected chi connectivity index (χ1v) is 5.35. The topological polar surface area (TPSA) is 12.0 Å². The minimum Gasteiger partial charge on any atom is -0.382 e. The van der Waals surface area contributed by atoms with Crippen molar-refractivity contribution in [2.45, 2.75) is 32.1 Å². The van der Waals surface area contributed by atoms with Gasteiger partial charge in [0.15, 0.2) is 0 Å². The van der Waals surface area contributed by atoms with Crippen LogP contribution < -0.4 is 5.32 Å². The Morgan fingerprint density at radius 2 is 2.36 bits per heavy atom. The Morgan fingerprint density at radius 1 is 1.50 bits per heavy atom. The van der Waals surface area contributed by atoms with E-state index in [2.05, 4.69) is 12.2 Å². The Labute approximate surface area is 84.3 Å². The van der Waals surface area contributed by atoms with Crippen LogP contribution in [0.25, 0.3) is 0 Å². The number of nitrogens with one attached hydrogen (secondary N) is 1. The van der Waals surface area contributed by atoms with E-state index in [1.807, 2.05) is 6.07 Å². The lowest BCUT2D eigenvalue weighted by Crippen LogP contribution is -2.01. The van der Waals surface area contributed by atoms with Gasteiger partial charge in [0, 0.05) is 12.5 Å². The van der Waals surface area contributed by atoms with Gasteiger partial charge >= 0.3 is 0 Å². The van der Waals surface area contributed by atoms with Crippen molar-refractivity contribution < 1.29 is 4.39 Å². The SMILES string of the molecule is CCCCC1CNc2c(F)cccc21. The van der Waals surface area contributed by atoms with Crippen LogP contribution in [0.4, 0.5) is 10.1 Å². The number of hydrogen-bond acceptors (Lipinski definition) is 1. The third-order valence-electron chi connectivity index (χ3n) is 2.92. The van der Waals surface area contributed by atoms with E-state index in [-0.39, 0.29) is 5.82 Å². The summed E-state index contributed by atoms with van der Waals surface area (Å²) in [6, 6.07) is 5.37. The summed E-state index contributed by atoms with van der Waals surface area (Å²) in [5.41, 5.74) is 1.90. The molecule has 0 bridgehead atoms. The molecular formula is C12H16FN. The lowest BCUT2D eigenvalue weighted by molar-refractivity contribution is 0.618. The van der Waals surface area contributed by atoms with Gasteiger partial charge in [-0.15, -0.1) is 0 Å². The van der Waals surface area contributed by atoms with E-state index in [1.54, 1.807) is 6.07 Å². The molecule has 0 radical (unpaired) electrons. The second-order valence-corrected chi connectivity index (χ2v) is 3.92. The minimum absolute atomic E-state index is 0.110. The maximum absolute atomic E-state index is 13.3. The molecule has 0 aromatic heterocycles. The van der Waals surface area contributed by atoms with E-state index >= 15 is 0 Å². The molecule has 1 aliphatic rings. The van der Waals surface area contributed by atoms with Crippen molar-refractivity contribution in [1.29, 1.82) is 0 Å². The Hall–Kier alpha value is -1.05. The summed E-state index contributed by atoms with van der Waals surface area (Å²) in [5.74, 6) is 0.405. The molecule has 1 aliphatic heterocycles. The average molecular weight is 193 g/mol. The van der Waals surface area contributed by atoms with Crippen molar-refractivity contribution in [3.8, 4) is 0 Å². The predicted molar refractivity (Wildman–Crippen MR) is 57.2 cm³/mol. The molecular weight excluding hydrogens is 177 g/mol. The van der Waals surface area contributed by atoms with Crippen molar-refractivity contribution in [2.24, 2.45) is 0 Å². The summed E-state index contributed by atoms with van der Waals surface area (Å²) >= 11 is 0. The Bertz CT molecular complexity index is 322. The van der Waals surface area contributed by atoms with Crippen molar-refractivity contribution in [1.82, 2.24) is 0 Å². The molecule has 0 amide bonds. The van der Waals surface area contributed by atoms with E-state index in [1.165, 1.54) is 30.9 Å². The van der Waals surface area contributed by atoms with Crippen LogP contribution in [-0.2, 0) is 0 Å². The van der Waals surface area contributed by atoms with E-state index in [0.717, 1.165) is 12.2 Å². The molecule has 1 nitrogen and oxygen atoms in total. The third-order valence-corrected chi connectivity index (χ3v) is 2.92. The zero-order valence-electron chi connectivity index (χ0n) is 8.52. The largest absolute Gasteiger partial charge is 0.382 e. The van der Waals surface area contributed by atoms with E-state index in [4.69, 9.17) is 0 Å². The van der Waals surface area contributed by atoms with Gasteiger partial charge in [0.25, 0.3) is 0 Å². The van der Waals surface area contributed by atoms with Crippen LogP contribution in [0.3, 0.4) is 0 Å². The van der Waals surface area contributed by atoms with E-state index in [0.29, 0.717) is 5.92 Å². The monoisotopic (exact) mass is 193 g/mol. The first-order chi connectivity index (χ1) is 6.83. The first kappa shape index (κ1) is 9.50. The summed E-state index contributed by atoms with van der Waals surface area (Å²) in [4.78, 5) is 0. The Kier molecular flexibility index (Phi) is 2.71. The Morgan fingerprint density at radius 3 is 3.14 bits per heavy atom. The zero-order valence-corrected chi connectivity index (χ0v) is 8.52. The number of unbranched alkanes of at least 4 members (excludes halogenated alkanes) is 1. The van der Waals surface area contributed by atoms with Gasteiger partial charge in [-0.1, -0.05) is 31.9 Å². The van der Waals surface area contributed by atoms with Crippen LogP contribution in [0.1, 0.15) is 37.7 Å². The molecule has 2 heteroatoms. The fourth-order valence-electron chi connectivity index (χ4n) is 2.11. The standard InChI is InChI=1S/C12H16FN/c1-2-3-5-9-8-14-12-10(9)6-4-7-11(12)13/h4,6-7,9,14H,2-3,5,8H2,1H3. The fourth-order valence-corrected chi connectivity index (χ4v) is 2.11. The van der Waals surface area contributed by atoms with Gasteiger partial charge in [-0.25, -0.2) is 4.39 Å². The molecule has 76 valence electrons. The van der Waals surface area contributed by atoms with Crippen molar-refractivity contribution in [2.75, 3.05) is 11.9 Å². The molecule has 14 heavy (non-hydrogen) atoms. The second-order valence-electron chi connectivity index (χ2n) is 3.92. The molecule has 0 aliphatic carbocycles. The van der Waals surface area contributed by atoms with Crippen LogP contribution >= 0.6 is 0 Å². The highest BCUT2D eigenvalue weighted by atomic mass is 19.1. The van der Waals surface area contributed by atoms with Crippen molar-refractivity contribution >= 4 is 5.69 Å². The summed E-state index contributed by atoms with van der Waals surface area (Å²) in [6.45, 7) is 3.09.